The van der Waals surface area contributed by atoms with Gasteiger partial charge in [-0.15, -0.1) is 0 Å². The third-order valence-corrected chi connectivity index (χ3v) is 5.02. The highest BCUT2D eigenvalue weighted by atomic mass is 35.5. The summed E-state index contributed by atoms with van der Waals surface area (Å²) in [5.41, 5.74) is 0. The van der Waals surface area contributed by atoms with Crippen molar-refractivity contribution >= 4 is 33.0 Å². The van der Waals surface area contributed by atoms with Gasteiger partial charge in [-0.05, 0) is 18.2 Å². The first-order valence-electron chi connectivity index (χ1n) is 5.74. The van der Waals surface area contributed by atoms with E-state index in [1.54, 1.807) is 25.1 Å². The maximum Gasteiger partial charge on any atom is 0.219 e. The third-order valence-electron chi connectivity index (χ3n) is 2.56. The average molecular weight is 332 g/mol. The lowest BCUT2D eigenvalue weighted by Gasteiger charge is -2.06. The van der Waals surface area contributed by atoms with E-state index in [4.69, 9.17) is 27.9 Å². The molecular weight excluding hydrogens is 321 g/mol. The van der Waals surface area contributed by atoms with Crippen molar-refractivity contribution in [3.8, 4) is 11.6 Å². The summed E-state index contributed by atoms with van der Waals surface area (Å²) >= 11 is 11.7. The van der Waals surface area contributed by atoms with Crippen LogP contribution in [0.5, 0.6) is 11.6 Å². The Morgan fingerprint density at radius 3 is 2.45 bits per heavy atom. The fourth-order valence-corrected chi connectivity index (χ4v) is 2.55. The predicted molar refractivity (Wildman–Crippen MR) is 78.5 cm³/mol. The second kappa shape index (κ2) is 5.99. The highest BCUT2D eigenvalue weighted by Gasteiger charge is 2.12. The SMILES string of the molecule is CCS(=O)(=O)c1ccc(Oc2ccc(Cl)c(Cl)c2)nc1. The Kier molecular flexibility index (Phi) is 4.52. The predicted octanol–water partition coefficient (Wildman–Crippen LogP) is 3.97. The fourth-order valence-electron chi connectivity index (χ4n) is 1.44. The molecule has 0 radical (unpaired) electrons. The molecule has 0 spiro atoms. The van der Waals surface area contributed by atoms with Crippen LogP contribution >= 0.6 is 23.2 Å². The van der Waals surface area contributed by atoms with Gasteiger partial charge in [-0.25, -0.2) is 13.4 Å². The summed E-state index contributed by atoms with van der Waals surface area (Å²) in [5, 5.41) is 0.797. The molecule has 0 fully saturated rings. The van der Waals surface area contributed by atoms with Gasteiger partial charge in [0.25, 0.3) is 0 Å². The topological polar surface area (TPSA) is 56.3 Å². The molecule has 0 aliphatic heterocycles. The number of halogens is 2. The van der Waals surface area contributed by atoms with E-state index in [-0.39, 0.29) is 16.5 Å². The van der Waals surface area contributed by atoms with Crippen molar-refractivity contribution in [2.45, 2.75) is 11.8 Å². The lowest BCUT2D eigenvalue weighted by Crippen LogP contribution is -2.04. The number of sulfone groups is 1. The van der Waals surface area contributed by atoms with E-state index in [1.807, 2.05) is 0 Å². The van der Waals surface area contributed by atoms with Crippen LogP contribution in [0.4, 0.5) is 0 Å². The molecule has 0 bridgehead atoms. The first-order valence-corrected chi connectivity index (χ1v) is 8.15. The molecule has 0 aliphatic carbocycles. The van der Waals surface area contributed by atoms with Crippen molar-refractivity contribution in [1.82, 2.24) is 4.98 Å². The standard InChI is InChI=1S/C13H11Cl2NO3S/c1-2-20(17,18)10-4-6-13(16-8-10)19-9-3-5-11(14)12(15)7-9/h3-8H,2H2,1H3. The Labute approximate surface area is 127 Å². The highest BCUT2D eigenvalue weighted by Crippen LogP contribution is 2.28. The first kappa shape index (κ1) is 15.1. The summed E-state index contributed by atoms with van der Waals surface area (Å²) in [6, 6.07) is 7.76. The Morgan fingerprint density at radius 1 is 1.15 bits per heavy atom. The Hall–Kier alpha value is -1.30. The van der Waals surface area contributed by atoms with Crippen LogP contribution in [0.2, 0.25) is 10.0 Å². The van der Waals surface area contributed by atoms with E-state index < -0.39 is 9.84 Å². The number of ether oxygens (including phenoxy) is 1. The van der Waals surface area contributed by atoms with Gasteiger partial charge in [-0.3, -0.25) is 0 Å². The highest BCUT2D eigenvalue weighted by molar-refractivity contribution is 7.91. The minimum atomic E-state index is -3.26. The van der Waals surface area contributed by atoms with Gasteiger partial charge in [-0.2, -0.15) is 0 Å². The molecule has 0 atom stereocenters. The molecule has 0 saturated carbocycles. The van der Waals surface area contributed by atoms with Gasteiger partial charge in [0.15, 0.2) is 9.84 Å². The molecule has 7 heteroatoms. The monoisotopic (exact) mass is 331 g/mol. The van der Waals surface area contributed by atoms with E-state index in [0.29, 0.717) is 15.8 Å². The van der Waals surface area contributed by atoms with Crippen LogP contribution in [0.25, 0.3) is 0 Å². The maximum atomic E-state index is 11.6. The van der Waals surface area contributed by atoms with E-state index in [0.717, 1.165) is 0 Å². The van der Waals surface area contributed by atoms with Crippen molar-refractivity contribution in [1.29, 1.82) is 0 Å². The lowest BCUT2D eigenvalue weighted by atomic mass is 10.3. The number of pyridine rings is 1. The van der Waals surface area contributed by atoms with E-state index in [1.165, 1.54) is 18.3 Å². The Bertz CT molecular complexity index is 715. The van der Waals surface area contributed by atoms with E-state index >= 15 is 0 Å². The molecule has 0 saturated heterocycles. The van der Waals surface area contributed by atoms with E-state index in [9.17, 15) is 8.42 Å². The summed E-state index contributed by atoms with van der Waals surface area (Å²) < 4.78 is 28.7. The van der Waals surface area contributed by atoms with Crippen molar-refractivity contribution in [3.63, 3.8) is 0 Å². The minimum Gasteiger partial charge on any atom is -0.439 e. The fraction of sp³-hybridized carbons (Fsp3) is 0.154. The molecule has 20 heavy (non-hydrogen) atoms. The van der Waals surface area contributed by atoms with Crippen molar-refractivity contribution in [3.05, 3.63) is 46.6 Å². The molecule has 1 aromatic heterocycles. The number of aromatic nitrogens is 1. The molecule has 0 aliphatic rings. The summed E-state index contributed by atoms with van der Waals surface area (Å²) in [4.78, 5) is 4.13. The van der Waals surface area contributed by atoms with Gasteiger partial charge >= 0.3 is 0 Å². The average Bonchev–Trinajstić information content (AvgIpc) is 2.43. The van der Waals surface area contributed by atoms with Crippen LogP contribution in [-0.2, 0) is 9.84 Å². The van der Waals surface area contributed by atoms with Crippen LogP contribution in [0.15, 0.2) is 41.4 Å². The summed E-state index contributed by atoms with van der Waals surface area (Å²) in [7, 11) is -3.26. The van der Waals surface area contributed by atoms with Crippen LogP contribution in [0.3, 0.4) is 0 Å². The van der Waals surface area contributed by atoms with Gasteiger partial charge in [0.05, 0.1) is 20.7 Å². The Morgan fingerprint density at radius 2 is 1.90 bits per heavy atom. The maximum absolute atomic E-state index is 11.6. The zero-order valence-corrected chi connectivity index (χ0v) is 12.8. The van der Waals surface area contributed by atoms with Gasteiger partial charge in [0.1, 0.15) is 5.75 Å². The van der Waals surface area contributed by atoms with Gasteiger partial charge in [0.2, 0.25) is 5.88 Å². The van der Waals surface area contributed by atoms with Crippen molar-refractivity contribution in [2.75, 3.05) is 5.75 Å². The number of hydrogen-bond acceptors (Lipinski definition) is 4. The largest absolute Gasteiger partial charge is 0.439 e. The minimum absolute atomic E-state index is 0.0294. The number of nitrogens with zero attached hydrogens (tertiary/aromatic N) is 1. The number of benzene rings is 1. The summed E-state index contributed by atoms with van der Waals surface area (Å²) in [6.45, 7) is 1.58. The van der Waals surface area contributed by atoms with Crippen LogP contribution in [-0.4, -0.2) is 19.2 Å². The zero-order chi connectivity index (χ0) is 14.8. The van der Waals surface area contributed by atoms with Crippen LogP contribution in [0.1, 0.15) is 6.92 Å². The molecule has 1 heterocycles. The summed E-state index contributed by atoms with van der Waals surface area (Å²) in [6.07, 6.45) is 1.27. The smallest absolute Gasteiger partial charge is 0.219 e. The van der Waals surface area contributed by atoms with Crippen molar-refractivity contribution < 1.29 is 13.2 Å². The summed E-state index contributed by atoms with van der Waals surface area (Å²) in [5.74, 6) is 0.776. The molecule has 0 N–H and O–H groups in total. The number of hydrogen-bond donors (Lipinski definition) is 0. The Balaban J connectivity index is 2.21. The van der Waals surface area contributed by atoms with Crippen molar-refractivity contribution in [2.24, 2.45) is 0 Å². The second-order valence-corrected chi connectivity index (χ2v) is 7.01. The molecule has 2 aromatic rings. The normalized spacial score (nSPS) is 11.3. The van der Waals surface area contributed by atoms with Crippen LogP contribution in [0, 0.1) is 0 Å². The molecule has 0 unspecified atom stereocenters. The quantitative estimate of drug-likeness (QED) is 0.850. The van der Waals surface area contributed by atoms with Gasteiger partial charge in [-0.1, -0.05) is 30.1 Å². The molecule has 0 amide bonds. The third kappa shape index (κ3) is 3.42. The van der Waals surface area contributed by atoms with Gasteiger partial charge in [0, 0.05) is 18.3 Å². The van der Waals surface area contributed by atoms with Crippen LogP contribution < -0.4 is 4.74 Å². The second-order valence-electron chi connectivity index (χ2n) is 3.91. The molecule has 106 valence electrons. The molecular formula is C13H11Cl2NO3S. The molecule has 1 aromatic carbocycles. The molecule has 2 rings (SSSR count). The number of rotatable bonds is 4. The zero-order valence-electron chi connectivity index (χ0n) is 10.5. The molecule has 4 nitrogen and oxygen atoms in total. The first-order chi connectivity index (χ1) is 9.42. The van der Waals surface area contributed by atoms with E-state index in [2.05, 4.69) is 4.98 Å². The van der Waals surface area contributed by atoms with Gasteiger partial charge < -0.3 is 4.74 Å². The lowest BCUT2D eigenvalue weighted by molar-refractivity contribution is 0.462.